The van der Waals surface area contributed by atoms with E-state index >= 15 is 0 Å². The van der Waals surface area contributed by atoms with E-state index in [-0.39, 0.29) is 11.9 Å². The minimum absolute atomic E-state index is 0.0687. The zero-order valence-corrected chi connectivity index (χ0v) is 15.4. The summed E-state index contributed by atoms with van der Waals surface area (Å²) >= 11 is 5.96. The van der Waals surface area contributed by atoms with Gasteiger partial charge in [-0.1, -0.05) is 11.6 Å². The fourth-order valence-electron chi connectivity index (χ4n) is 3.72. The van der Waals surface area contributed by atoms with E-state index < -0.39 is 10.6 Å². The van der Waals surface area contributed by atoms with Crippen LogP contribution in [0, 0.1) is 10.1 Å². The van der Waals surface area contributed by atoms with E-state index in [9.17, 15) is 10.1 Å². The summed E-state index contributed by atoms with van der Waals surface area (Å²) in [4.78, 5) is 19.0. The molecule has 1 fully saturated rings. The molecule has 138 valence electrons. The predicted molar refractivity (Wildman–Crippen MR) is 97.9 cm³/mol. The summed E-state index contributed by atoms with van der Waals surface area (Å²) < 4.78 is 7.82. The van der Waals surface area contributed by atoms with Crippen LogP contribution in [0.1, 0.15) is 19.9 Å². The van der Waals surface area contributed by atoms with Crippen LogP contribution in [0.3, 0.4) is 0 Å². The number of nitrogens with zero attached hydrogens (tertiary/aromatic N) is 5. The van der Waals surface area contributed by atoms with Gasteiger partial charge >= 0.3 is 11.8 Å². The number of imidazole rings is 1. The number of hydrogen-bond donors (Lipinski definition) is 0. The van der Waals surface area contributed by atoms with Gasteiger partial charge in [0.05, 0.1) is 6.04 Å². The number of nitro groups is 1. The maximum absolute atomic E-state index is 10.9. The molecule has 1 aromatic carbocycles. The van der Waals surface area contributed by atoms with Gasteiger partial charge in [0.25, 0.3) is 0 Å². The number of ether oxygens (including phenoxy) is 1. The zero-order valence-electron chi connectivity index (χ0n) is 14.6. The number of hydrogen-bond acceptors (Lipinski definition) is 6. The lowest BCUT2D eigenvalue weighted by molar-refractivity contribution is -0.389. The highest BCUT2D eigenvalue weighted by Crippen LogP contribution is 2.42. The molecule has 0 bridgehead atoms. The Balaban J connectivity index is 1.46. The largest absolute Gasteiger partial charge is 0.422 e. The Hall–Kier alpha value is -2.32. The number of fused-ring (bicyclic) bond motifs is 1. The van der Waals surface area contributed by atoms with Crippen molar-refractivity contribution in [1.82, 2.24) is 14.5 Å². The first-order chi connectivity index (χ1) is 12.4. The van der Waals surface area contributed by atoms with Gasteiger partial charge in [0, 0.05) is 41.9 Å². The van der Waals surface area contributed by atoms with Crippen molar-refractivity contribution in [3.05, 3.63) is 45.6 Å². The van der Waals surface area contributed by atoms with E-state index in [2.05, 4.69) is 14.8 Å². The van der Waals surface area contributed by atoms with Crippen LogP contribution in [0.4, 0.5) is 11.5 Å². The van der Waals surface area contributed by atoms with Gasteiger partial charge in [-0.3, -0.25) is 9.47 Å². The molecule has 3 heterocycles. The molecule has 2 aliphatic rings. The molecule has 2 aromatic rings. The number of rotatable bonds is 3. The number of anilines is 1. The van der Waals surface area contributed by atoms with Crippen LogP contribution in [-0.4, -0.2) is 51.3 Å². The maximum atomic E-state index is 10.9. The fourth-order valence-corrected chi connectivity index (χ4v) is 3.85. The number of halogens is 1. The molecular formula is C17H20ClN5O3. The molecule has 0 saturated carbocycles. The van der Waals surface area contributed by atoms with Gasteiger partial charge in [0.15, 0.2) is 5.72 Å². The Morgan fingerprint density at radius 2 is 1.92 bits per heavy atom. The molecule has 0 radical (unpaired) electrons. The van der Waals surface area contributed by atoms with Crippen molar-refractivity contribution in [3.8, 4) is 6.01 Å². The monoisotopic (exact) mass is 377 g/mol. The SMILES string of the molecule is CC1n2cc([N+](=O)[O-])nc2OC1(C)N1CCN(c2ccc(Cl)cc2)CC1. The lowest BCUT2D eigenvalue weighted by atomic mass is 10.0. The molecule has 0 aliphatic carbocycles. The molecule has 2 atom stereocenters. The third kappa shape index (κ3) is 2.69. The van der Waals surface area contributed by atoms with Gasteiger partial charge < -0.3 is 19.8 Å². The molecule has 0 amide bonds. The van der Waals surface area contributed by atoms with Crippen molar-refractivity contribution < 1.29 is 9.66 Å². The van der Waals surface area contributed by atoms with Crippen LogP contribution in [0.25, 0.3) is 0 Å². The first kappa shape index (κ1) is 17.1. The van der Waals surface area contributed by atoms with E-state index in [1.54, 1.807) is 4.57 Å². The smallest absolute Gasteiger partial charge is 0.416 e. The van der Waals surface area contributed by atoms with Crippen LogP contribution in [0.2, 0.25) is 5.02 Å². The number of piperazine rings is 1. The van der Waals surface area contributed by atoms with Gasteiger partial charge in [-0.25, -0.2) is 0 Å². The Morgan fingerprint density at radius 3 is 2.50 bits per heavy atom. The van der Waals surface area contributed by atoms with Crippen molar-refractivity contribution >= 4 is 23.1 Å². The lowest BCUT2D eigenvalue weighted by Crippen LogP contribution is -2.59. The third-order valence-electron chi connectivity index (χ3n) is 5.46. The minimum atomic E-state index is -0.566. The van der Waals surface area contributed by atoms with E-state index in [0.717, 1.165) is 36.9 Å². The summed E-state index contributed by atoms with van der Waals surface area (Å²) in [7, 11) is 0. The highest BCUT2D eigenvalue weighted by atomic mass is 35.5. The molecule has 1 saturated heterocycles. The average molecular weight is 378 g/mol. The Bertz CT molecular complexity index is 831. The summed E-state index contributed by atoms with van der Waals surface area (Å²) in [6.45, 7) is 7.43. The van der Waals surface area contributed by atoms with Gasteiger partial charge in [-0.15, -0.1) is 0 Å². The summed E-state index contributed by atoms with van der Waals surface area (Å²) in [5.74, 6) is -0.179. The van der Waals surface area contributed by atoms with Crippen LogP contribution in [-0.2, 0) is 0 Å². The van der Waals surface area contributed by atoms with Crippen LogP contribution in [0.15, 0.2) is 30.5 Å². The van der Waals surface area contributed by atoms with Crippen molar-refractivity contribution in [2.24, 2.45) is 0 Å². The molecule has 1 aromatic heterocycles. The standard InChI is InChI=1S/C17H20ClN5O3/c1-12-17(2,26-16-19-15(23(24)25)11-22(12)16)21-9-7-20(8-10-21)14-5-3-13(18)4-6-14/h3-6,11-12H,7-10H2,1-2H3. The molecule has 2 aliphatic heterocycles. The van der Waals surface area contributed by atoms with Crippen molar-refractivity contribution in [3.63, 3.8) is 0 Å². The minimum Gasteiger partial charge on any atom is -0.422 e. The normalized spacial score (nSPS) is 25.8. The van der Waals surface area contributed by atoms with Crippen molar-refractivity contribution in [2.45, 2.75) is 25.6 Å². The highest BCUT2D eigenvalue weighted by molar-refractivity contribution is 6.30. The second-order valence-electron chi connectivity index (χ2n) is 6.83. The summed E-state index contributed by atoms with van der Waals surface area (Å²) in [5, 5.41) is 11.7. The Morgan fingerprint density at radius 1 is 1.27 bits per heavy atom. The molecule has 0 spiro atoms. The fraction of sp³-hybridized carbons (Fsp3) is 0.471. The van der Waals surface area contributed by atoms with E-state index in [0.29, 0.717) is 6.01 Å². The maximum Gasteiger partial charge on any atom is 0.416 e. The molecular weight excluding hydrogens is 358 g/mol. The second-order valence-corrected chi connectivity index (χ2v) is 7.27. The summed E-state index contributed by atoms with van der Waals surface area (Å²) in [5.41, 5.74) is 0.590. The Kier molecular flexibility index (Phi) is 4.04. The molecule has 8 nitrogen and oxygen atoms in total. The van der Waals surface area contributed by atoms with Gasteiger partial charge in [-0.2, -0.15) is 0 Å². The van der Waals surface area contributed by atoms with Crippen LogP contribution < -0.4 is 9.64 Å². The first-order valence-electron chi connectivity index (χ1n) is 8.56. The zero-order chi connectivity index (χ0) is 18.5. The number of aromatic nitrogens is 2. The van der Waals surface area contributed by atoms with Gasteiger partial charge in [0.2, 0.25) is 0 Å². The van der Waals surface area contributed by atoms with Gasteiger partial charge in [0.1, 0.15) is 6.20 Å². The second kappa shape index (κ2) is 6.14. The molecule has 4 rings (SSSR count). The lowest BCUT2D eigenvalue weighted by Gasteiger charge is -2.44. The molecule has 26 heavy (non-hydrogen) atoms. The Labute approximate surface area is 156 Å². The first-order valence-corrected chi connectivity index (χ1v) is 8.94. The molecule has 2 unspecified atom stereocenters. The van der Waals surface area contributed by atoms with Crippen molar-refractivity contribution in [2.75, 3.05) is 31.1 Å². The van der Waals surface area contributed by atoms with Crippen molar-refractivity contribution in [1.29, 1.82) is 0 Å². The van der Waals surface area contributed by atoms with Crippen LogP contribution in [0.5, 0.6) is 6.01 Å². The summed E-state index contributed by atoms with van der Waals surface area (Å²) in [6, 6.07) is 8.11. The topological polar surface area (TPSA) is 76.7 Å². The quantitative estimate of drug-likeness (QED) is 0.604. The van der Waals surface area contributed by atoms with E-state index in [1.807, 2.05) is 38.1 Å². The third-order valence-corrected chi connectivity index (χ3v) is 5.71. The average Bonchev–Trinajstić information content (AvgIpc) is 3.14. The molecule has 9 heteroatoms. The van der Waals surface area contributed by atoms with E-state index in [4.69, 9.17) is 16.3 Å². The number of benzene rings is 1. The summed E-state index contributed by atoms with van der Waals surface area (Å²) in [6.07, 6.45) is 1.45. The highest BCUT2D eigenvalue weighted by Gasteiger charge is 2.50. The van der Waals surface area contributed by atoms with Gasteiger partial charge in [-0.05, 0) is 43.0 Å². The van der Waals surface area contributed by atoms with Crippen LogP contribution >= 0.6 is 11.6 Å². The predicted octanol–water partition coefficient (Wildman–Crippen LogP) is 2.94. The van der Waals surface area contributed by atoms with E-state index in [1.165, 1.54) is 6.20 Å². The molecule has 0 N–H and O–H groups in total.